The van der Waals surface area contributed by atoms with Gasteiger partial charge in [0.15, 0.2) is 11.5 Å². The average molecular weight is 291 g/mol. The van der Waals surface area contributed by atoms with Crippen LogP contribution in [0.2, 0.25) is 0 Å². The Morgan fingerprint density at radius 2 is 2.05 bits per heavy atom. The first kappa shape index (κ1) is 14.2. The van der Waals surface area contributed by atoms with Crippen molar-refractivity contribution in [2.24, 2.45) is 0 Å². The Morgan fingerprint density at radius 1 is 1.33 bits per heavy atom. The molecule has 5 nitrogen and oxygen atoms in total. The summed E-state index contributed by atoms with van der Waals surface area (Å²) < 4.78 is 10.7. The summed E-state index contributed by atoms with van der Waals surface area (Å²) in [5, 5.41) is 9.21. The van der Waals surface area contributed by atoms with Crippen LogP contribution in [0.25, 0.3) is 0 Å². The predicted octanol–water partition coefficient (Wildman–Crippen LogP) is 2.81. The second kappa shape index (κ2) is 5.93. The van der Waals surface area contributed by atoms with Crippen LogP contribution < -0.4 is 9.47 Å². The van der Waals surface area contributed by atoms with E-state index in [1.165, 1.54) is 12.8 Å². The molecule has 2 aliphatic rings. The van der Waals surface area contributed by atoms with Gasteiger partial charge in [-0.2, -0.15) is 0 Å². The van der Waals surface area contributed by atoms with E-state index in [1.54, 1.807) is 0 Å². The number of rotatable bonds is 5. The van der Waals surface area contributed by atoms with Gasteiger partial charge in [-0.15, -0.1) is 0 Å². The molecule has 1 N–H and O–H groups in total. The molecule has 0 radical (unpaired) electrons. The molecule has 0 saturated heterocycles. The van der Waals surface area contributed by atoms with Crippen molar-refractivity contribution >= 4 is 5.97 Å². The van der Waals surface area contributed by atoms with Crippen molar-refractivity contribution in [3.8, 4) is 11.5 Å². The number of fused-ring (bicyclic) bond motifs is 1. The van der Waals surface area contributed by atoms with Crippen LogP contribution in [0.3, 0.4) is 0 Å². The van der Waals surface area contributed by atoms with Crippen LogP contribution in [0.1, 0.15) is 44.2 Å². The fourth-order valence-corrected chi connectivity index (χ4v) is 3.34. The van der Waals surface area contributed by atoms with Gasteiger partial charge in [0.1, 0.15) is 0 Å². The zero-order chi connectivity index (χ0) is 14.8. The molecule has 3 rings (SSSR count). The summed E-state index contributed by atoms with van der Waals surface area (Å²) in [6, 6.07) is 6.29. The lowest BCUT2D eigenvalue weighted by Gasteiger charge is -2.33. The predicted molar refractivity (Wildman–Crippen MR) is 77.6 cm³/mol. The SMILES string of the molecule is CC(c1ccc2c(c1)OCO2)N(CC(=O)O)C1CCCC1. The zero-order valence-electron chi connectivity index (χ0n) is 12.2. The largest absolute Gasteiger partial charge is 0.480 e. The fraction of sp³-hybridized carbons (Fsp3) is 0.562. The Labute approximate surface area is 124 Å². The summed E-state index contributed by atoms with van der Waals surface area (Å²) in [6.45, 7) is 2.41. The van der Waals surface area contributed by atoms with Gasteiger partial charge in [-0.1, -0.05) is 18.9 Å². The molecule has 0 aromatic heterocycles. The molecule has 1 aliphatic heterocycles. The monoisotopic (exact) mass is 291 g/mol. The second-order valence-corrected chi connectivity index (χ2v) is 5.79. The molecule has 1 aromatic carbocycles. The van der Waals surface area contributed by atoms with Gasteiger partial charge < -0.3 is 14.6 Å². The summed E-state index contributed by atoms with van der Waals surface area (Å²) in [4.78, 5) is 13.3. The lowest BCUT2D eigenvalue weighted by atomic mass is 10.0. The second-order valence-electron chi connectivity index (χ2n) is 5.79. The van der Waals surface area contributed by atoms with Crippen molar-refractivity contribution in [3.05, 3.63) is 23.8 Å². The topological polar surface area (TPSA) is 59.0 Å². The third-order valence-corrected chi connectivity index (χ3v) is 4.49. The Bertz CT molecular complexity index is 525. The highest BCUT2D eigenvalue weighted by Gasteiger charge is 2.29. The van der Waals surface area contributed by atoms with Gasteiger partial charge in [-0.3, -0.25) is 9.69 Å². The Kier molecular flexibility index (Phi) is 4.01. The third-order valence-electron chi connectivity index (χ3n) is 4.49. The zero-order valence-corrected chi connectivity index (χ0v) is 12.2. The molecular formula is C16H21NO4. The Morgan fingerprint density at radius 3 is 2.76 bits per heavy atom. The van der Waals surface area contributed by atoms with Crippen LogP contribution in [-0.4, -0.2) is 35.4 Å². The molecule has 0 amide bonds. The van der Waals surface area contributed by atoms with Crippen LogP contribution in [0.5, 0.6) is 11.5 Å². The molecule has 1 fully saturated rings. The number of hydrogen-bond donors (Lipinski definition) is 1. The Hall–Kier alpha value is -1.75. The van der Waals surface area contributed by atoms with Crippen molar-refractivity contribution in [2.45, 2.75) is 44.7 Å². The number of hydrogen-bond acceptors (Lipinski definition) is 4. The number of carboxylic acids is 1. The van der Waals surface area contributed by atoms with Crippen molar-refractivity contribution in [1.82, 2.24) is 4.90 Å². The van der Waals surface area contributed by atoms with Gasteiger partial charge >= 0.3 is 5.97 Å². The maximum Gasteiger partial charge on any atom is 0.317 e. The van der Waals surface area contributed by atoms with Gasteiger partial charge in [0, 0.05) is 12.1 Å². The first-order valence-corrected chi connectivity index (χ1v) is 7.52. The molecule has 5 heteroatoms. The van der Waals surface area contributed by atoms with Crippen LogP contribution in [-0.2, 0) is 4.79 Å². The smallest absolute Gasteiger partial charge is 0.317 e. The molecule has 0 bridgehead atoms. The summed E-state index contributed by atoms with van der Waals surface area (Å²) in [7, 11) is 0. The van der Waals surface area contributed by atoms with E-state index in [0.717, 1.165) is 29.9 Å². The maximum absolute atomic E-state index is 11.2. The number of carboxylic acid groups (broad SMARTS) is 1. The van der Waals surface area contributed by atoms with Gasteiger partial charge in [0.05, 0.1) is 6.54 Å². The molecular weight excluding hydrogens is 270 g/mol. The van der Waals surface area contributed by atoms with Gasteiger partial charge in [0.2, 0.25) is 6.79 Å². The van der Waals surface area contributed by atoms with Crippen molar-refractivity contribution in [3.63, 3.8) is 0 Å². The number of carbonyl (C=O) groups is 1. The molecule has 114 valence electrons. The van der Waals surface area contributed by atoms with E-state index < -0.39 is 5.97 Å². The molecule has 21 heavy (non-hydrogen) atoms. The lowest BCUT2D eigenvalue weighted by Crippen LogP contribution is -2.39. The average Bonchev–Trinajstić information content (AvgIpc) is 3.13. The van der Waals surface area contributed by atoms with E-state index in [9.17, 15) is 9.90 Å². The van der Waals surface area contributed by atoms with Crippen LogP contribution in [0.15, 0.2) is 18.2 Å². The number of benzene rings is 1. The molecule has 1 aromatic rings. The molecule has 0 spiro atoms. The fourth-order valence-electron chi connectivity index (χ4n) is 3.34. The minimum atomic E-state index is -0.769. The van der Waals surface area contributed by atoms with Crippen LogP contribution in [0.4, 0.5) is 0 Å². The highest BCUT2D eigenvalue weighted by atomic mass is 16.7. The quantitative estimate of drug-likeness (QED) is 0.904. The summed E-state index contributed by atoms with van der Waals surface area (Å²) in [5.41, 5.74) is 1.08. The van der Waals surface area contributed by atoms with E-state index in [4.69, 9.17) is 9.47 Å². The van der Waals surface area contributed by atoms with Crippen molar-refractivity contribution in [1.29, 1.82) is 0 Å². The van der Waals surface area contributed by atoms with Gasteiger partial charge in [-0.25, -0.2) is 0 Å². The van der Waals surface area contributed by atoms with Crippen molar-refractivity contribution < 1.29 is 19.4 Å². The first-order chi connectivity index (χ1) is 10.1. The minimum Gasteiger partial charge on any atom is -0.480 e. The lowest BCUT2D eigenvalue weighted by molar-refractivity contribution is -0.139. The number of nitrogens with zero attached hydrogens (tertiary/aromatic N) is 1. The van der Waals surface area contributed by atoms with E-state index >= 15 is 0 Å². The maximum atomic E-state index is 11.2. The highest BCUT2D eigenvalue weighted by molar-refractivity contribution is 5.69. The van der Waals surface area contributed by atoms with Crippen LogP contribution >= 0.6 is 0 Å². The van der Waals surface area contributed by atoms with E-state index in [-0.39, 0.29) is 19.4 Å². The minimum absolute atomic E-state index is 0.0544. The number of ether oxygens (including phenoxy) is 2. The first-order valence-electron chi connectivity index (χ1n) is 7.52. The summed E-state index contributed by atoms with van der Waals surface area (Å²) >= 11 is 0. The molecule has 1 atom stereocenters. The molecule has 1 saturated carbocycles. The normalized spacial score (nSPS) is 19.1. The van der Waals surface area contributed by atoms with Gasteiger partial charge in [-0.05, 0) is 37.5 Å². The summed E-state index contributed by atoms with van der Waals surface area (Å²) in [5.74, 6) is 0.743. The van der Waals surface area contributed by atoms with Crippen molar-refractivity contribution in [2.75, 3.05) is 13.3 Å². The van der Waals surface area contributed by atoms with Crippen LogP contribution in [0, 0.1) is 0 Å². The van der Waals surface area contributed by atoms with E-state index in [2.05, 4.69) is 11.8 Å². The van der Waals surface area contributed by atoms with E-state index in [1.807, 2.05) is 18.2 Å². The van der Waals surface area contributed by atoms with Gasteiger partial charge in [0.25, 0.3) is 0 Å². The summed E-state index contributed by atoms with van der Waals surface area (Å²) in [6.07, 6.45) is 4.55. The molecule has 1 heterocycles. The van der Waals surface area contributed by atoms with E-state index in [0.29, 0.717) is 6.04 Å². The Balaban J connectivity index is 1.82. The number of aliphatic carboxylic acids is 1. The highest BCUT2D eigenvalue weighted by Crippen LogP contribution is 2.37. The molecule has 1 unspecified atom stereocenters. The molecule has 1 aliphatic carbocycles. The standard InChI is InChI=1S/C16H21NO4/c1-11(12-6-7-14-15(8-12)21-10-20-14)17(9-16(18)19)13-4-2-3-5-13/h6-8,11,13H,2-5,9-10H2,1H3,(H,18,19). The third kappa shape index (κ3) is 2.97.